The summed E-state index contributed by atoms with van der Waals surface area (Å²) in [5.41, 5.74) is 1.97. The van der Waals surface area contributed by atoms with Crippen LogP contribution in [0.15, 0.2) is 53.4 Å². The van der Waals surface area contributed by atoms with Gasteiger partial charge in [-0.15, -0.1) is 11.8 Å². The maximum absolute atomic E-state index is 12.1. The molecule has 0 atom stereocenters. The third-order valence-corrected chi connectivity index (χ3v) is 4.57. The largest absolute Gasteiger partial charge is 0.492 e. The Morgan fingerprint density at radius 1 is 1.12 bits per heavy atom. The van der Waals surface area contributed by atoms with Crippen LogP contribution in [0.5, 0.6) is 5.75 Å². The Kier molecular flexibility index (Phi) is 7.15. The van der Waals surface area contributed by atoms with Crippen molar-refractivity contribution in [2.24, 2.45) is 0 Å². The van der Waals surface area contributed by atoms with Gasteiger partial charge in [0, 0.05) is 17.1 Å². The fourth-order valence-corrected chi connectivity index (χ4v) is 2.87. The van der Waals surface area contributed by atoms with Gasteiger partial charge in [-0.25, -0.2) is 0 Å². The second kappa shape index (κ2) is 9.35. The summed E-state index contributed by atoms with van der Waals surface area (Å²) in [5, 5.41) is 2.91. The molecule has 2 aromatic rings. The molecule has 0 saturated heterocycles. The van der Waals surface area contributed by atoms with E-state index in [1.807, 2.05) is 56.6 Å². The smallest absolute Gasteiger partial charge is 0.234 e. The van der Waals surface area contributed by atoms with Crippen LogP contribution in [-0.2, 0) is 4.79 Å². The SMILES string of the molecule is Cc1ccccc1SCC(=O)Nc1ccc(OCCN(C)C)cc1. The number of nitrogens with zero attached hydrogens (tertiary/aromatic N) is 1. The third-order valence-electron chi connectivity index (χ3n) is 3.40. The number of rotatable bonds is 8. The monoisotopic (exact) mass is 344 g/mol. The maximum Gasteiger partial charge on any atom is 0.234 e. The molecule has 1 N–H and O–H groups in total. The van der Waals surface area contributed by atoms with Crippen LogP contribution < -0.4 is 10.1 Å². The van der Waals surface area contributed by atoms with Crippen LogP contribution in [-0.4, -0.2) is 43.8 Å². The van der Waals surface area contributed by atoms with Crippen molar-refractivity contribution in [2.45, 2.75) is 11.8 Å². The summed E-state index contributed by atoms with van der Waals surface area (Å²) >= 11 is 1.55. The van der Waals surface area contributed by atoms with Gasteiger partial charge in [-0.1, -0.05) is 18.2 Å². The highest BCUT2D eigenvalue weighted by atomic mass is 32.2. The molecule has 2 rings (SSSR count). The van der Waals surface area contributed by atoms with E-state index in [2.05, 4.69) is 23.2 Å². The van der Waals surface area contributed by atoms with Crippen LogP contribution in [0, 0.1) is 6.92 Å². The van der Waals surface area contributed by atoms with E-state index in [-0.39, 0.29) is 5.91 Å². The van der Waals surface area contributed by atoms with E-state index in [0.717, 1.165) is 22.9 Å². The molecule has 0 heterocycles. The van der Waals surface area contributed by atoms with E-state index >= 15 is 0 Å². The van der Waals surface area contributed by atoms with Crippen molar-refractivity contribution < 1.29 is 9.53 Å². The lowest BCUT2D eigenvalue weighted by molar-refractivity contribution is -0.113. The fraction of sp³-hybridized carbons (Fsp3) is 0.316. The van der Waals surface area contributed by atoms with Gasteiger partial charge in [0.1, 0.15) is 12.4 Å². The first-order valence-corrected chi connectivity index (χ1v) is 8.89. The summed E-state index contributed by atoms with van der Waals surface area (Å²) in [6.45, 7) is 3.57. The second-order valence-corrected chi connectivity index (χ2v) is 6.80. The van der Waals surface area contributed by atoms with Crippen molar-refractivity contribution in [3.8, 4) is 5.75 Å². The molecule has 0 aliphatic carbocycles. The highest BCUT2D eigenvalue weighted by molar-refractivity contribution is 8.00. The summed E-state index contributed by atoms with van der Waals surface area (Å²) in [7, 11) is 4.02. The van der Waals surface area contributed by atoms with Crippen LogP contribution in [0.2, 0.25) is 0 Å². The van der Waals surface area contributed by atoms with Crippen molar-refractivity contribution >= 4 is 23.4 Å². The number of thioether (sulfide) groups is 1. The number of likely N-dealkylation sites (N-methyl/N-ethyl adjacent to an activating group) is 1. The van der Waals surface area contributed by atoms with Crippen molar-refractivity contribution in [3.63, 3.8) is 0 Å². The minimum atomic E-state index is -0.00970. The lowest BCUT2D eigenvalue weighted by Gasteiger charge is -2.11. The Balaban J connectivity index is 1.78. The lowest BCUT2D eigenvalue weighted by Crippen LogP contribution is -2.19. The van der Waals surface area contributed by atoms with E-state index in [4.69, 9.17) is 4.74 Å². The van der Waals surface area contributed by atoms with Crippen LogP contribution in [0.1, 0.15) is 5.56 Å². The summed E-state index contributed by atoms with van der Waals surface area (Å²) in [5.74, 6) is 1.19. The minimum absolute atomic E-state index is 0.00970. The number of carbonyl (C=O) groups is 1. The normalized spacial score (nSPS) is 10.7. The second-order valence-electron chi connectivity index (χ2n) is 5.78. The minimum Gasteiger partial charge on any atom is -0.492 e. The molecule has 1 amide bonds. The summed E-state index contributed by atoms with van der Waals surface area (Å²) in [6.07, 6.45) is 0. The molecule has 0 saturated carbocycles. The van der Waals surface area contributed by atoms with E-state index in [1.165, 1.54) is 5.56 Å². The Morgan fingerprint density at radius 3 is 2.50 bits per heavy atom. The first kappa shape index (κ1) is 18.4. The van der Waals surface area contributed by atoms with Crippen LogP contribution >= 0.6 is 11.8 Å². The van der Waals surface area contributed by atoms with Gasteiger partial charge in [0.15, 0.2) is 0 Å². The molecule has 0 fully saturated rings. The van der Waals surface area contributed by atoms with Crippen molar-refractivity contribution in [3.05, 3.63) is 54.1 Å². The third kappa shape index (κ3) is 6.26. The van der Waals surface area contributed by atoms with Crippen LogP contribution in [0.4, 0.5) is 5.69 Å². The molecule has 0 aliphatic rings. The van der Waals surface area contributed by atoms with Crippen molar-refractivity contribution in [1.82, 2.24) is 4.90 Å². The Morgan fingerprint density at radius 2 is 1.83 bits per heavy atom. The van der Waals surface area contributed by atoms with Gasteiger partial charge in [0.05, 0.1) is 5.75 Å². The van der Waals surface area contributed by atoms with Crippen molar-refractivity contribution in [2.75, 3.05) is 38.3 Å². The molecule has 128 valence electrons. The van der Waals surface area contributed by atoms with Crippen molar-refractivity contribution in [1.29, 1.82) is 0 Å². The highest BCUT2D eigenvalue weighted by Gasteiger charge is 2.05. The predicted octanol–water partition coefficient (Wildman–Crippen LogP) is 3.67. The average molecular weight is 344 g/mol. The number of hydrogen-bond acceptors (Lipinski definition) is 4. The first-order chi connectivity index (χ1) is 11.5. The number of hydrogen-bond donors (Lipinski definition) is 1. The zero-order valence-electron chi connectivity index (χ0n) is 14.4. The predicted molar refractivity (Wildman–Crippen MR) is 101 cm³/mol. The molecule has 0 unspecified atom stereocenters. The average Bonchev–Trinajstić information content (AvgIpc) is 2.55. The zero-order valence-corrected chi connectivity index (χ0v) is 15.2. The van der Waals surface area contributed by atoms with E-state index in [1.54, 1.807) is 11.8 Å². The van der Waals surface area contributed by atoms with Gasteiger partial charge >= 0.3 is 0 Å². The zero-order chi connectivity index (χ0) is 17.4. The Hall–Kier alpha value is -1.98. The molecular weight excluding hydrogens is 320 g/mol. The number of anilines is 1. The highest BCUT2D eigenvalue weighted by Crippen LogP contribution is 2.22. The van der Waals surface area contributed by atoms with E-state index in [9.17, 15) is 4.79 Å². The molecule has 0 radical (unpaired) electrons. The quantitative estimate of drug-likeness (QED) is 0.742. The first-order valence-electron chi connectivity index (χ1n) is 7.90. The molecule has 0 spiro atoms. The molecule has 0 bridgehead atoms. The number of aryl methyl sites for hydroxylation is 1. The Bertz CT molecular complexity index is 657. The number of amides is 1. The van der Waals surface area contributed by atoms with E-state index in [0.29, 0.717) is 12.4 Å². The van der Waals surface area contributed by atoms with Gasteiger partial charge in [0.2, 0.25) is 5.91 Å². The summed E-state index contributed by atoms with van der Waals surface area (Å²) in [6, 6.07) is 15.6. The topological polar surface area (TPSA) is 41.6 Å². The Labute approximate surface area is 148 Å². The number of nitrogens with one attached hydrogen (secondary N) is 1. The molecule has 24 heavy (non-hydrogen) atoms. The molecule has 0 aliphatic heterocycles. The number of benzene rings is 2. The maximum atomic E-state index is 12.1. The van der Waals surface area contributed by atoms with Gasteiger partial charge in [-0.05, 0) is 56.9 Å². The van der Waals surface area contributed by atoms with E-state index < -0.39 is 0 Å². The standard InChI is InChI=1S/C19H24N2O2S/c1-15-6-4-5-7-18(15)24-14-19(22)20-16-8-10-17(11-9-16)23-13-12-21(2)3/h4-11H,12-14H2,1-3H3,(H,20,22). The lowest BCUT2D eigenvalue weighted by atomic mass is 10.2. The molecule has 5 heteroatoms. The van der Waals surface area contributed by atoms with Gasteiger partial charge in [-0.2, -0.15) is 0 Å². The van der Waals surface area contributed by atoms with Gasteiger partial charge < -0.3 is 15.0 Å². The van der Waals surface area contributed by atoms with Gasteiger partial charge in [0.25, 0.3) is 0 Å². The summed E-state index contributed by atoms with van der Waals surface area (Å²) in [4.78, 5) is 15.3. The number of ether oxygens (including phenoxy) is 1. The molecule has 2 aromatic carbocycles. The summed E-state index contributed by atoms with van der Waals surface area (Å²) < 4.78 is 5.64. The number of carbonyl (C=O) groups excluding carboxylic acids is 1. The fourth-order valence-electron chi connectivity index (χ4n) is 2.04. The molecule has 0 aromatic heterocycles. The molecular formula is C19H24N2O2S. The molecule has 4 nitrogen and oxygen atoms in total. The van der Waals surface area contributed by atoms with Crippen LogP contribution in [0.3, 0.4) is 0 Å². The van der Waals surface area contributed by atoms with Gasteiger partial charge in [-0.3, -0.25) is 4.79 Å². The van der Waals surface area contributed by atoms with Crippen LogP contribution in [0.25, 0.3) is 0 Å².